The second-order valence-electron chi connectivity index (χ2n) is 4.78. The van der Waals surface area contributed by atoms with E-state index in [0.29, 0.717) is 6.04 Å². The Morgan fingerprint density at radius 3 is 3.00 bits per heavy atom. The molecule has 0 aliphatic carbocycles. The van der Waals surface area contributed by atoms with Crippen LogP contribution in [0.1, 0.15) is 44.9 Å². The molecule has 17 heavy (non-hydrogen) atoms. The lowest BCUT2D eigenvalue weighted by Crippen LogP contribution is -2.38. The van der Waals surface area contributed by atoms with Gasteiger partial charge in [-0.05, 0) is 60.5 Å². The minimum Gasteiger partial charge on any atom is -0.466 e. The highest BCUT2D eigenvalue weighted by atomic mass is 79.9. The number of rotatable bonds is 5. The fraction of sp³-hybridized carbons (Fsp3) is 0.692. The van der Waals surface area contributed by atoms with Gasteiger partial charge in [-0.3, -0.25) is 0 Å². The Morgan fingerprint density at radius 2 is 2.47 bits per heavy atom. The molecule has 2 heterocycles. The molecule has 2 unspecified atom stereocenters. The summed E-state index contributed by atoms with van der Waals surface area (Å²) in [6, 6.07) is 2.29. The van der Waals surface area contributed by atoms with E-state index < -0.39 is 0 Å². The molecule has 1 N–H and O–H groups in total. The largest absolute Gasteiger partial charge is 0.466 e. The van der Waals surface area contributed by atoms with Gasteiger partial charge < -0.3 is 9.73 Å². The summed E-state index contributed by atoms with van der Waals surface area (Å²) >= 11 is 5.65. The zero-order valence-electron chi connectivity index (χ0n) is 10.5. The molecular weight excluding hydrogens is 298 g/mol. The summed E-state index contributed by atoms with van der Waals surface area (Å²) in [5.74, 6) is 2.31. The third kappa shape index (κ3) is 2.91. The second-order valence-corrected chi connectivity index (χ2v) is 7.27. The Labute approximate surface area is 116 Å². The molecule has 0 spiro atoms. The quantitative estimate of drug-likeness (QED) is 0.873. The van der Waals surface area contributed by atoms with Crippen molar-refractivity contribution in [1.82, 2.24) is 5.32 Å². The number of halogens is 1. The molecule has 1 aromatic heterocycles. The van der Waals surface area contributed by atoms with Gasteiger partial charge in [0.2, 0.25) is 0 Å². The van der Waals surface area contributed by atoms with Gasteiger partial charge in [-0.2, -0.15) is 11.8 Å². The molecule has 2 atom stereocenters. The van der Waals surface area contributed by atoms with Crippen LogP contribution in [0.2, 0.25) is 0 Å². The molecule has 1 aliphatic heterocycles. The molecule has 0 bridgehead atoms. The molecule has 2 nitrogen and oxygen atoms in total. The van der Waals surface area contributed by atoms with Crippen LogP contribution in [0.3, 0.4) is 0 Å². The van der Waals surface area contributed by atoms with E-state index in [1.165, 1.54) is 18.6 Å². The first-order valence-electron chi connectivity index (χ1n) is 6.27. The maximum absolute atomic E-state index is 5.68. The lowest BCUT2D eigenvalue weighted by atomic mass is 9.94. The third-order valence-corrected chi connectivity index (χ3v) is 5.61. The van der Waals surface area contributed by atoms with E-state index in [4.69, 9.17) is 4.42 Å². The maximum atomic E-state index is 5.68. The van der Waals surface area contributed by atoms with Crippen molar-refractivity contribution in [3.8, 4) is 0 Å². The highest BCUT2D eigenvalue weighted by Crippen LogP contribution is 2.48. The first-order valence-corrected chi connectivity index (χ1v) is 8.05. The van der Waals surface area contributed by atoms with Gasteiger partial charge in [0, 0.05) is 4.75 Å². The van der Waals surface area contributed by atoms with Crippen molar-refractivity contribution in [3.05, 3.63) is 22.6 Å². The van der Waals surface area contributed by atoms with Gasteiger partial charge in [0.15, 0.2) is 0 Å². The van der Waals surface area contributed by atoms with Gasteiger partial charge in [-0.15, -0.1) is 0 Å². The topological polar surface area (TPSA) is 25.2 Å². The molecule has 0 aromatic carbocycles. The molecule has 2 rings (SSSR count). The maximum Gasteiger partial charge on any atom is 0.136 e. The van der Waals surface area contributed by atoms with Gasteiger partial charge in [-0.25, -0.2) is 0 Å². The third-order valence-electron chi connectivity index (χ3n) is 3.37. The molecule has 0 saturated carbocycles. The highest BCUT2D eigenvalue weighted by Gasteiger charge is 2.40. The van der Waals surface area contributed by atoms with Crippen LogP contribution >= 0.6 is 27.7 Å². The van der Waals surface area contributed by atoms with E-state index in [9.17, 15) is 0 Å². The smallest absolute Gasteiger partial charge is 0.136 e. The van der Waals surface area contributed by atoms with Crippen LogP contribution in [0, 0.1) is 0 Å². The zero-order valence-corrected chi connectivity index (χ0v) is 12.9. The normalized spacial score (nSPS) is 26.3. The summed E-state index contributed by atoms with van der Waals surface area (Å²) in [5.41, 5.74) is 0. The van der Waals surface area contributed by atoms with Crippen molar-refractivity contribution < 1.29 is 4.42 Å². The molecule has 1 fully saturated rings. The lowest BCUT2D eigenvalue weighted by molar-refractivity contribution is 0.344. The highest BCUT2D eigenvalue weighted by molar-refractivity contribution is 9.10. The Bertz CT molecular complexity index is 360. The molecule has 0 amide bonds. The van der Waals surface area contributed by atoms with Crippen molar-refractivity contribution in [2.45, 2.75) is 43.9 Å². The van der Waals surface area contributed by atoms with E-state index in [0.717, 1.165) is 23.2 Å². The van der Waals surface area contributed by atoms with E-state index >= 15 is 0 Å². The van der Waals surface area contributed by atoms with Crippen molar-refractivity contribution in [2.75, 3.05) is 12.3 Å². The monoisotopic (exact) mass is 317 g/mol. The summed E-state index contributed by atoms with van der Waals surface area (Å²) in [4.78, 5) is 0. The first-order chi connectivity index (χ1) is 8.17. The van der Waals surface area contributed by atoms with Crippen molar-refractivity contribution in [2.24, 2.45) is 0 Å². The zero-order chi connectivity index (χ0) is 12.3. The molecule has 1 saturated heterocycles. The fourth-order valence-corrected chi connectivity index (χ4v) is 4.25. The van der Waals surface area contributed by atoms with Crippen molar-refractivity contribution >= 4 is 27.7 Å². The Kier molecular flexibility index (Phi) is 4.61. The van der Waals surface area contributed by atoms with Crippen LogP contribution in [-0.4, -0.2) is 17.0 Å². The predicted octanol–water partition coefficient (Wildman–Crippen LogP) is 4.37. The number of thioether (sulfide) groups is 1. The van der Waals surface area contributed by atoms with Crippen molar-refractivity contribution in [3.63, 3.8) is 0 Å². The summed E-state index contributed by atoms with van der Waals surface area (Å²) in [5, 5.41) is 3.65. The number of hydrogen-bond acceptors (Lipinski definition) is 3. The Balaban J connectivity index is 2.21. The van der Waals surface area contributed by atoms with E-state index in [1.807, 2.05) is 6.07 Å². The minimum absolute atomic E-state index is 0.259. The first kappa shape index (κ1) is 13.5. The van der Waals surface area contributed by atoms with Crippen LogP contribution in [0.4, 0.5) is 0 Å². The molecule has 1 aliphatic rings. The molecule has 1 aromatic rings. The number of furan rings is 1. The van der Waals surface area contributed by atoms with Crippen LogP contribution in [0.25, 0.3) is 0 Å². The van der Waals surface area contributed by atoms with Crippen LogP contribution in [0.15, 0.2) is 21.2 Å². The van der Waals surface area contributed by atoms with Crippen LogP contribution in [-0.2, 0) is 0 Å². The Morgan fingerprint density at radius 1 is 1.65 bits per heavy atom. The van der Waals surface area contributed by atoms with Crippen LogP contribution < -0.4 is 5.32 Å². The number of nitrogens with one attached hydrogen (secondary N) is 1. The van der Waals surface area contributed by atoms with E-state index in [1.54, 1.807) is 6.26 Å². The number of hydrogen-bond donors (Lipinski definition) is 1. The molecule has 0 radical (unpaired) electrons. The van der Waals surface area contributed by atoms with Crippen molar-refractivity contribution in [1.29, 1.82) is 0 Å². The summed E-state index contributed by atoms with van der Waals surface area (Å²) < 4.78 is 7.02. The summed E-state index contributed by atoms with van der Waals surface area (Å²) in [6.45, 7) is 5.59. The predicted molar refractivity (Wildman–Crippen MR) is 77.5 cm³/mol. The summed E-state index contributed by atoms with van der Waals surface area (Å²) in [7, 11) is 0. The van der Waals surface area contributed by atoms with E-state index in [-0.39, 0.29) is 4.75 Å². The minimum atomic E-state index is 0.259. The van der Waals surface area contributed by atoms with Gasteiger partial charge >= 0.3 is 0 Å². The van der Waals surface area contributed by atoms with Gasteiger partial charge in [0.1, 0.15) is 5.76 Å². The van der Waals surface area contributed by atoms with Gasteiger partial charge in [0.05, 0.1) is 16.8 Å². The summed E-state index contributed by atoms with van der Waals surface area (Å²) in [6.07, 6.45) is 5.48. The lowest BCUT2D eigenvalue weighted by Gasteiger charge is -2.33. The standard InChI is InChI=1S/C13H20BrNOS/c1-3-7-15-12(11-10(14)5-8-16-11)13(2)6-4-9-17-13/h5,8,12,15H,3-4,6-7,9H2,1-2H3. The molecule has 96 valence electrons. The molecule has 4 heteroatoms. The van der Waals surface area contributed by atoms with Gasteiger partial charge in [-0.1, -0.05) is 6.92 Å². The Hall–Kier alpha value is 0.0700. The molecular formula is C13H20BrNOS. The van der Waals surface area contributed by atoms with E-state index in [2.05, 4.69) is 46.9 Å². The average Bonchev–Trinajstić information content (AvgIpc) is 2.90. The average molecular weight is 318 g/mol. The van der Waals surface area contributed by atoms with Gasteiger partial charge in [0.25, 0.3) is 0 Å². The second kappa shape index (κ2) is 5.81. The fourth-order valence-electron chi connectivity index (χ4n) is 2.41. The SMILES string of the molecule is CCCNC(c1occc1Br)C1(C)CCCS1. The van der Waals surface area contributed by atoms with Crippen LogP contribution in [0.5, 0.6) is 0 Å².